The Morgan fingerprint density at radius 1 is 1.06 bits per heavy atom. The van der Waals surface area contributed by atoms with E-state index in [9.17, 15) is 4.79 Å². The van der Waals surface area contributed by atoms with Crippen molar-refractivity contribution in [3.05, 3.63) is 0 Å². The van der Waals surface area contributed by atoms with Crippen molar-refractivity contribution in [3.63, 3.8) is 0 Å². The minimum Gasteiger partial charge on any atom is -1.00 e. The zero-order valence-electron chi connectivity index (χ0n) is 13.0. The van der Waals surface area contributed by atoms with Gasteiger partial charge in [-0.25, -0.2) is 0 Å². The number of carboxylic acid groups (broad SMARTS) is 1. The van der Waals surface area contributed by atoms with Crippen LogP contribution in [0.25, 0.3) is 0 Å². The molecule has 0 aliphatic rings. The number of hydrogen-bond acceptors (Lipinski definition) is 3. The maximum Gasteiger partial charge on any atom is 1.00 e. The summed E-state index contributed by atoms with van der Waals surface area (Å²) in [6.07, 6.45) is 7.59. The molecule has 0 aromatic heterocycles. The number of carboxylic acids is 1. The fourth-order valence-corrected chi connectivity index (χ4v) is 1.85. The molecule has 0 saturated heterocycles. The van der Waals surface area contributed by atoms with Crippen LogP contribution in [0.15, 0.2) is 0 Å². The Hall–Kier alpha value is 0.390. The molecule has 4 nitrogen and oxygen atoms in total. The van der Waals surface area contributed by atoms with Gasteiger partial charge in [0.15, 0.2) is 0 Å². The van der Waals surface area contributed by atoms with Crippen LogP contribution in [0.3, 0.4) is 0 Å². The largest absolute Gasteiger partial charge is 1.00 e. The van der Waals surface area contributed by atoms with Gasteiger partial charge in [0.2, 0.25) is 0 Å². The molecule has 0 rings (SSSR count). The molecule has 0 heterocycles. The SMILES string of the molecule is CCCCCCCCN(CCO)CCC(=O)O.[H-].[Na+]. The zero-order valence-corrected chi connectivity index (χ0v) is 14.0. The molecule has 0 aromatic carbocycles. The molecule has 0 atom stereocenters. The minimum atomic E-state index is -0.768. The van der Waals surface area contributed by atoms with Gasteiger partial charge in [-0.2, -0.15) is 0 Å². The summed E-state index contributed by atoms with van der Waals surface area (Å²) in [7, 11) is 0. The molecule has 0 saturated carbocycles. The molecular weight excluding hydrogens is 241 g/mol. The Bertz CT molecular complexity index is 197. The summed E-state index contributed by atoms with van der Waals surface area (Å²) < 4.78 is 0. The van der Waals surface area contributed by atoms with Gasteiger partial charge in [-0.15, -0.1) is 0 Å². The second-order valence-corrected chi connectivity index (χ2v) is 4.48. The van der Waals surface area contributed by atoms with Gasteiger partial charge in [0.25, 0.3) is 0 Å². The van der Waals surface area contributed by atoms with Gasteiger partial charge in [0.1, 0.15) is 0 Å². The van der Waals surface area contributed by atoms with E-state index in [-0.39, 0.29) is 44.0 Å². The number of aliphatic hydroxyl groups excluding tert-OH is 1. The van der Waals surface area contributed by atoms with E-state index in [1.807, 2.05) is 4.90 Å². The summed E-state index contributed by atoms with van der Waals surface area (Å²) in [6.45, 7) is 4.34. The number of carbonyl (C=O) groups is 1. The van der Waals surface area contributed by atoms with Gasteiger partial charge >= 0.3 is 35.5 Å². The van der Waals surface area contributed by atoms with E-state index in [1.165, 1.54) is 32.1 Å². The van der Waals surface area contributed by atoms with E-state index in [1.54, 1.807) is 0 Å². The number of aliphatic hydroxyl groups is 1. The first-order valence-electron chi connectivity index (χ1n) is 6.75. The Balaban J connectivity index is -0.00000128. The molecule has 0 aliphatic heterocycles. The maximum atomic E-state index is 10.5. The maximum absolute atomic E-state index is 10.5. The Labute approximate surface area is 135 Å². The van der Waals surface area contributed by atoms with Crippen molar-refractivity contribution in [2.45, 2.75) is 51.9 Å². The Morgan fingerprint density at radius 2 is 1.67 bits per heavy atom. The number of hydrogen-bond donors (Lipinski definition) is 2. The fourth-order valence-electron chi connectivity index (χ4n) is 1.85. The van der Waals surface area contributed by atoms with Crippen LogP contribution in [0.4, 0.5) is 0 Å². The van der Waals surface area contributed by atoms with Crippen molar-refractivity contribution in [2.24, 2.45) is 0 Å². The summed E-state index contributed by atoms with van der Waals surface area (Å²) in [5.41, 5.74) is 0. The molecular formula is C13H28NNaO3. The van der Waals surface area contributed by atoms with E-state index >= 15 is 0 Å². The number of unbranched alkanes of at least 4 members (excludes halogenated alkanes) is 5. The first-order chi connectivity index (χ1) is 8.20. The molecule has 0 fully saturated rings. The van der Waals surface area contributed by atoms with Crippen LogP contribution in [0.1, 0.15) is 53.3 Å². The summed E-state index contributed by atoms with van der Waals surface area (Å²) in [5, 5.41) is 17.5. The predicted octanol–water partition coefficient (Wildman–Crippen LogP) is -0.768. The minimum absolute atomic E-state index is 0. The van der Waals surface area contributed by atoms with Crippen molar-refractivity contribution in [2.75, 3.05) is 26.2 Å². The van der Waals surface area contributed by atoms with Crippen molar-refractivity contribution in [1.29, 1.82) is 0 Å². The molecule has 0 radical (unpaired) electrons. The van der Waals surface area contributed by atoms with E-state index in [4.69, 9.17) is 10.2 Å². The normalized spacial score (nSPS) is 10.4. The average Bonchev–Trinajstić information content (AvgIpc) is 2.30. The fraction of sp³-hybridized carbons (Fsp3) is 0.923. The van der Waals surface area contributed by atoms with Crippen LogP contribution in [-0.4, -0.2) is 47.3 Å². The number of aliphatic carboxylic acids is 1. The van der Waals surface area contributed by atoms with Gasteiger partial charge in [-0.1, -0.05) is 39.0 Å². The summed E-state index contributed by atoms with van der Waals surface area (Å²) in [5.74, 6) is -0.768. The van der Waals surface area contributed by atoms with Crippen LogP contribution in [0, 0.1) is 0 Å². The van der Waals surface area contributed by atoms with Crippen molar-refractivity contribution >= 4 is 5.97 Å². The topological polar surface area (TPSA) is 60.8 Å². The third-order valence-corrected chi connectivity index (χ3v) is 2.89. The van der Waals surface area contributed by atoms with Crippen LogP contribution in [0.5, 0.6) is 0 Å². The van der Waals surface area contributed by atoms with E-state index in [0.29, 0.717) is 13.1 Å². The van der Waals surface area contributed by atoms with Crippen LogP contribution >= 0.6 is 0 Å². The van der Waals surface area contributed by atoms with Gasteiger partial charge in [0.05, 0.1) is 13.0 Å². The molecule has 0 aromatic rings. The smallest absolute Gasteiger partial charge is 1.00 e. The van der Waals surface area contributed by atoms with Crippen molar-refractivity contribution in [3.8, 4) is 0 Å². The van der Waals surface area contributed by atoms with Gasteiger partial charge in [-0.05, 0) is 13.0 Å². The van der Waals surface area contributed by atoms with Gasteiger partial charge < -0.3 is 16.5 Å². The Kier molecular flexibility index (Phi) is 17.8. The molecule has 5 heteroatoms. The third kappa shape index (κ3) is 14.5. The van der Waals surface area contributed by atoms with Crippen LogP contribution in [-0.2, 0) is 4.79 Å². The zero-order chi connectivity index (χ0) is 12.9. The second kappa shape index (κ2) is 15.4. The molecule has 0 amide bonds. The first-order valence-corrected chi connectivity index (χ1v) is 6.75. The van der Waals surface area contributed by atoms with E-state index < -0.39 is 5.97 Å². The third-order valence-electron chi connectivity index (χ3n) is 2.89. The summed E-state index contributed by atoms with van der Waals surface area (Å²) >= 11 is 0. The van der Waals surface area contributed by atoms with Gasteiger partial charge in [0, 0.05) is 13.1 Å². The average molecular weight is 269 g/mol. The van der Waals surface area contributed by atoms with E-state index in [0.717, 1.165) is 13.0 Å². The summed E-state index contributed by atoms with van der Waals surface area (Å²) in [6, 6.07) is 0. The molecule has 104 valence electrons. The molecule has 18 heavy (non-hydrogen) atoms. The van der Waals surface area contributed by atoms with Crippen molar-refractivity contribution < 1.29 is 46.0 Å². The Morgan fingerprint density at radius 3 is 2.22 bits per heavy atom. The monoisotopic (exact) mass is 269 g/mol. The van der Waals surface area contributed by atoms with Gasteiger partial charge in [-0.3, -0.25) is 4.79 Å². The summed E-state index contributed by atoms with van der Waals surface area (Å²) in [4.78, 5) is 12.5. The molecule has 0 unspecified atom stereocenters. The van der Waals surface area contributed by atoms with Crippen molar-refractivity contribution in [1.82, 2.24) is 4.90 Å². The molecule has 0 bridgehead atoms. The number of nitrogens with zero attached hydrogens (tertiary/aromatic N) is 1. The molecule has 2 N–H and O–H groups in total. The van der Waals surface area contributed by atoms with Crippen LogP contribution in [0.2, 0.25) is 0 Å². The molecule has 0 spiro atoms. The number of rotatable bonds is 12. The predicted molar refractivity (Wildman–Crippen MR) is 70.3 cm³/mol. The van der Waals surface area contributed by atoms with E-state index in [2.05, 4.69) is 6.92 Å². The first kappa shape index (κ1) is 20.7. The van der Waals surface area contributed by atoms with Crippen LogP contribution < -0.4 is 29.6 Å². The molecule has 0 aliphatic carbocycles. The standard InChI is InChI=1S/C13H27NO3.Na.H/c1-2-3-4-5-6-7-9-14(11-12-15)10-8-13(16)17;;/h15H,2-12H2,1H3,(H,16,17);;/q;+1;-1. The quantitative estimate of drug-likeness (QED) is 0.361. The second-order valence-electron chi connectivity index (χ2n) is 4.48.